The molecule has 4 aromatic rings. The van der Waals surface area contributed by atoms with Crippen LogP contribution in [-0.2, 0) is 0 Å². The molecular weight excluding hydrogens is 375 g/mol. The van der Waals surface area contributed by atoms with Crippen LogP contribution in [0.4, 0.5) is 4.39 Å². The van der Waals surface area contributed by atoms with E-state index in [0.717, 1.165) is 12.0 Å². The van der Waals surface area contributed by atoms with Crippen molar-refractivity contribution < 1.29 is 9.18 Å². The minimum absolute atomic E-state index is 0.0780. The van der Waals surface area contributed by atoms with Crippen LogP contribution in [0.15, 0.2) is 60.4 Å². The number of amides is 1. The van der Waals surface area contributed by atoms with Crippen LogP contribution in [0.2, 0.25) is 0 Å². The SMILES string of the molecule is CC[C@@H](c1cccnc1)N(C)C(=O)c1csc2nc(-c3ccccc3F)cn12. The van der Waals surface area contributed by atoms with E-state index in [1.807, 2.05) is 19.1 Å². The molecule has 0 unspecified atom stereocenters. The summed E-state index contributed by atoms with van der Waals surface area (Å²) in [6, 6.07) is 10.3. The minimum atomic E-state index is -0.333. The maximum absolute atomic E-state index is 14.1. The number of carbonyl (C=O) groups excluding carboxylic acids is 1. The Morgan fingerprint density at radius 1 is 1.29 bits per heavy atom. The number of pyridine rings is 1. The van der Waals surface area contributed by atoms with Crippen molar-refractivity contribution in [1.29, 1.82) is 0 Å². The quantitative estimate of drug-likeness (QED) is 0.488. The van der Waals surface area contributed by atoms with E-state index in [2.05, 4.69) is 9.97 Å². The van der Waals surface area contributed by atoms with Crippen molar-refractivity contribution in [2.75, 3.05) is 7.05 Å². The van der Waals surface area contributed by atoms with Gasteiger partial charge in [-0.05, 0) is 30.2 Å². The van der Waals surface area contributed by atoms with Crippen LogP contribution in [0.5, 0.6) is 0 Å². The van der Waals surface area contributed by atoms with Crippen molar-refractivity contribution in [2.45, 2.75) is 19.4 Å². The summed E-state index contributed by atoms with van der Waals surface area (Å²) in [5.41, 5.74) is 2.44. The topological polar surface area (TPSA) is 50.5 Å². The summed E-state index contributed by atoms with van der Waals surface area (Å²) in [6.45, 7) is 2.04. The number of imidazole rings is 1. The lowest BCUT2D eigenvalue weighted by Gasteiger charge is -2.27. The molecule has 0 bridgehead atoms. The fourth-order valence-electron chi connectivity index (χ4n) is 3.36. The number of fused-ring (bicyclic) bond motifs is 1. The number of thiazole rings is 1. The van der Waals surface area contributed by atoms with Crippen molar-refractivity contribution >= 4 is 22.2 Å². The molecule has 142 valence electrons. The Labute approximate surface area is 166 Å². The fraction of sp³-hybridized carbons (Fsp3) is 0.190. The lowest BCUT2D eigenvalue weighted by molar-refractivity contribution is 0.0719. The second-order valence-electron chi connectivity index (χ2n) is 6.51. The van der Waals surface area contributed by atoms with Gasteiger partial charge in [0.25, 0.3) is 5.91 Å². The van der Waals surface area contributed by atoms with Gasteiger partial charge in [-0.2, -0.15) is 0 Å². The summed E-state index contributed by atoms with van der Waals surface area (Å²) in [5.74, 6) is -0.444. The second-order valence-corrected chi connectivity index (χ2v) is 7.34. The molecule has 0 N–H and O–H groups in total. The van der Waals surface area contributed by atoms with Crippen LogP contribution >= 0.6 is 11.3 Å². The zero-order chi connectivity index (χ0) is 19.7. The first-order valence-corrected chi connectivity index (χ1v) is 9.86. The number of nitrogens with zero attached hydrogens (tertiary/aromatic N) is 4. The van der Waals surface area contributed by atoms with Gasteiger partial charge in [-0.25, -0.2) is 9.37 Å². The number of halogens is 1. The maximum atomic E-state index is 14.1. The molecule has 4 rings (SSSR count). The van der Waals surface area contributed by atoms with Gasteiger partial charge in [-0.15, -0.1) is 11.3 Å². The van der Waals surface area contributed by atoms with Crippen molar-refractivity contribution in [2.24, 2.45) is 0 Å². The Balaban J connectivity index is 1.69. The van der Waals surface area contributed by atoms with Gasteiger partial charge in [0.15, 0.2) is 4.96 Å². The Morgan fingerprint density at radius 2 is 2.11 bits per heavy atom. The van der Waals surface area contributed by atoms with Crippen molar-refractivity contribution in [3.8, 4) is 11.3 Å². The predicted molar refractivity (Wildman–Crippen MR) is 108 cm³/mol. The largest absolute Gasteiger partial charge is 0.333 e. The van der Waals surface area contributed by atoms with E-state index in [0.29, 0.717) is 21.9 Å². The molecule has 0 radical (unpaired) electrons. The maximum Gasteiger partial charge on any atom is 0.272 e. The molecule has 28 heavy (non-hydrogen) atoms. The number of benzene rings is 1. The summed E-state index contributed by atoms with van der Waals surface area (Å²) >= 11 is 1.37. The minimum Gasteiger partial charge on any atom is -0.333 e. The molecule has 7 heteroatoms. The van der Waals surface area contributed by atoms with Gasteiger partial charge < -0.3 is 4.90 Å². The summed E-state index contributed by atoms with van der Waals surface area (Å²) in [4.78, 5) is 24.2. The third-order valence-electron chi connectivity index (χ3n) is 4.82. The first kappa shape index (κ1) is 18.3. The normalized spacial score (nSPS) is 12.2. The zero-order valence-electron chi connectivity index (χ0n) is 15.5. The van der Waals surface area contributed by atoms with Crippen molar-refractivity contribution in [3.05, 3.63) is 77.4 Å². The third kappa shape index (κ3) is 3.18. The Hall–Kier alpha value is -3.06. The van der Waals surface area contributed by atoms with Gasteiger partial charge in [-0.3, -0.25) is 14.2 Å². The molecule has 0 saturated carbocycles. The molecular formula is C21H19FN4OS. The molecule has 0 aliphatic heterocycles. The number of aromatic nitrogens is 3. The smallest absolute Gasteiger partial charge is 0.272 e. The lowest BCUT2D eigenvalue weighted by Crippen LogP contribution is -2.31. The molecule has 3 heterocycles. The van der Waals surface area contributed by atoms with Crippen LogP contribution in [-0.4, -0.2) is 32.2 Å². The van der Waals surface area contributed by atoms with Crippen molar-refractivity contribution in [1.82, 2.24) is 19.3 Å². The van der Waals surface area contributed by atoms with E-state index in [4.69, 9.17) is 0 Å². The van der Waals surface area contributed by atoms with Gasteiger partial charge in [0, 0.05) is 36.6 Å². The highest BCUT2D eigenvalue weighted by Crippen LogP contribution is 2.28. The van der Waals surface area contributed by atoms with E-state index in [1.165, 1.54) is 17.4 Å². The first-order valence-electron chi connectivity index (χ1n) is 8.98. The molecule has 1 amide bonds. The fourth-order valence-corrected chi connectivity index (χ4v) is 4.21. The molecule has 0 saturated heterocycles. The van der Waals surface area contributed by atoms with Gasteiger partial charge in [0.05, 0.1) is 11.7 Å². The zero-order valence-corrected chi connectivity index (χ0v) is 16.4. The van der Waals surface area contributed by atoms with Crippen molar-refractivity contribution in [3.63, 3.8) is 0 Å². The highest BCUT2D eigenvalue weighted by atomic mass is 32.1. The standard InChI is InChI=1S/C21H19FN4OS/c1-3-18(14-7-6-10-23-11-14)25(2)20(27)19-13-28-21-24-17(12-26(19)21)15-8-4-5-9-16(15)22/h4-13,18H,3H2,1-2H3/t18-/m0/s1. The number of hydrogen-bond acceptors (Lipinski definition) is 4. The molecule has 0 aliphatic carbocycles. The lowest BCUT2D eigenvalue weighted by atomic mass is 10.1. The van der Waals surface area contributed by atoms with Crippen LogP contribution < -0.4 is 0 Å². The summed E-state index contributed by atoms with van der Waals surface area (Å²) in [7, 11) is 1.79. The molecule has 5 nitrogen and oxygen atoms in total. The highest BCUT2D eigenvalue weighted by Gasteiger charge is 2.25. The van der Waals surface area contributed by atoms with Gasteiger partial charge in [-0.1, -0.05) is 25.1 Å². The molecule has 3 aromatic heterocycles. The molecule has 1 aromatic carbocycles. The monoisotopic (exact) mass is 394 g/mol. The Bertz CT molecular complexity index is 1120. The summed E-state index contributed by atoms with van der Waals surface area (Å²) in [5, 5.41) is 1.79. The van der Waals surface area contributed by atoms with Crippen LogP contribution in [0.25, 0.3) is 16.2 Å². The number of carbonyl (C=O) groups is 1. The molecule has 0 spiro atoms. The number of hydrogen-bond donors (Lipinski definition) is 0. The molecule has 1 atom stereocenters. The Morgan fingerprint density at radius 3 is 2.82 bits per heavy atom. The summed E-state index contributed by atoms with van der Waals surface area (Å²) in [6.07, 6.45) is 5.99. The van der Waals surface area contributed by atoms with E-state index in [9.17, 15) is 9.18 Å². The average molecular weight is 394 g/mol. The second kappa shape index (κ2) is 7.52. The Kier molecular flexibility index (Phi) is 4.92. The average Bonchev–Trinajstić information content (AvgIpc) is 3.30. The van der Waals surface area contributed by atoms with Crippen LogP contribution in [0.3, 0.4) is 0 Å². The van der Waals surface area contributed by atoms with E-state index >= 15 is 0 Å². The molecule has 0 aliphatic rings. The van der Waals surface area contributed by atoms with Gasteiger partial charge in [0.1, 0.15) is 11.5 Å². The van der Waals surface area contributed by atoms with E-state index < -0.39 is 0 Å². The van der Waals surface area contributed by atoms with E-state index in [-0.39, 0.29) is 17.8 Å². The third-order valence-corrected chi connectivity index (χ3v) is 5.66. The van der Waals surface area contributed by atoms with Crippen LogP contribution in [0, 0.1) is 5.82 Å². The summed E-state index contributed by atoms with van der Waals surface area (Å²) < 4.78 is 15.8. The predicted octanol–water partition coefficient (Wildman–Crippen LogP) is 4.82. The molecule has 0 fully saturated rings. The van der Waals surface area contributed by atoms with Crippen LogP contribution in [0.1, 0.15) is 35.4 Å². The first-order chi connectivity index (χ1) is 13.6. The highest BCUT2D eigenvalue weighted by molar-refractivity contribution is 7.15. The number of rotatable bonds is 5. The van der Waals surface area contributed by atoms with E-state index in [1.54, 1.807) is 58.5 Å². The van der Waals surface area contributed by atoms with Gasteiger partial charge in [0.2, 0.25) is 0 Å². The van der Waals surface area contributed by atoms with Gasteiger partial charge >= 0.3 is 0 Å².